The maximum atomic E-state index is 14.1. The predicted molar refractivity (Wildman–Crippen MR) is 188 cm³/mol. The third kappa shape index (κ3) is 9.54. The fourth-order valence-electron chi connectivity index (χ4n) is 6.71. The Labute approximate surface area is 296 Å². The number of amides is 2. The first-order valence-corrected chi connectivity index (χ1v) is 17.6. The van der Waals surface area contributed by atoms with Gasteiger partial charge in [0.05, 0.1) is 5.69 Å². The fraction of sp³-hybridized carbons (Fsp3) is 0.444. The van der Waals surface area contributed by atoms with Gasteiger partial charge in [0.1, 0.15) is 18.2 Å². The third-order valence-electron chi connectivity index (χ3n) is 9.13. The van der Waals surface area contributed by atoms with E-state index >= 15 is 0 Å². The molecular weight excluding hydrogens is 683 g/mol. The monoisotopic (exact) mass is 721 g/mol. The number of anilines is 1. The van der Waals surface area contributed by atoms with Crippen molar-refractivity contribution in [2.75, 3.05) is 37.7 Å². The molecule has 0 radical (unpaired) electrons. The van der Waals surface area contributed by atoms with Crippen molar-refractivity contribution in [1.29, 1.82) is 0 Å². The first kappa shape index (κ1) is 35.7. The second-order valence-corrected chi connectivity index (χ2v) is 15.2. The molecule has 5 rings (SSSR count). The molecule has 0 unspecified atom stereocenters. The van der Waals surface area contributed by atoms with E-state index in [9.17, 15) is 14.0 Å². The van der Waals surface area contributed by atoms with E-state index in [1.807, 2.05) is 37.3 Å². The summed E-state index contributed by atoms with van der Waals surface area (Å²) in [6.07, 6.45) is 5.44. The lowest BCUT2D eigenvalue weighted by Crippen LogP contribution is -2.48. The maximum absolute atomic E-state index is 14.1. The molecule has 2 atom stereocenters. The summed E-state index contributed by atoms with van der Waals surface area (Å²) in [6, 6.07) is 18.4. The van der Waals surface area contributed by atoms with Crippen LogP contribution in [0.1, 0.15) is 60.0 Å². The molecular formula is C36H40Cl4FN3O3. The van der Waals surface area contributed by atoms with Crippen LogP contribution in [-0.4, -0.2) is 64.2 Å². The van der Waals surface area contributed by atoms with Crippen LogP contribution in [-0.2, 0) is 11.3 Å². The van der Waals surface area contributed by atoms with Gasteiger partial charge in [0.25, 0.3) is 15.6 Å². The molecule has 0 bridgehead atoms. The van der Waals surface area contributed by atoms with Crippen LogP contribution >= 0.6 is 46.4 Å². The van der Waals surface area contributed by atoms with E-state index in [2.05, 4.69) is 4.90 Å². The van der Waals surface area contributed by atoms with E-state index in [1.165, 1.54) is 37.1 Å². The normalized spacial score (nSPS) is 18.6. The second-order valence-electron chi connectivity index (χ2n) is 12.5. The van der Waals surface area contributed by atoms with Gasteiger partial charge in [0, 0.05) is 41.8 Å². The number of hydrogen-bond acceptors (Lipinski definition) is 4. The smallest absolute Gasteiger partial charge is 0.275 e. The minimum Gasteiger partial charge on any atom is -0.492 e. The molecule has 3 aromatic carbocycles. The molecule has 1 aliphatic heterocycles. The van der Waals surface area contributed by atoms with Crippen molar-refractivity contribution in [2.24, 2.45) is 5.92 Å². The average molecular weight is 724 g/mol. The Morgan fingerprint density at radius 2 is 1.70 bits per heavy atom. The van der Waals surface area contributed by atoms with E-state index in [0.717, 1.165) is 61.5 Å². The highest BCUT2D eigenvalue weighted by molar-refractivity contribution is 6.76. The van der Waals surface area contributed by atoms with Gasteiger partial charge in [-0.15, -0.1) is 0 Å². The molecule has 1 saturated carbocycles. The van der Waals surface area contributed by atoms with Crippen molar-refractivity contribution in [3.63, 3.8) is 0 Å². The summed E-state index contributed by atoms with van der Waals surface area (Å²) in [7, 11) is 0. The molecule has 1 heterocycles. The summed E-state index contributed by atoms with van der Waals surface area (Å²) in [5, 5.41) is 0.554. The van der Waals surface area contributed by atoms with Crippen LogP contribution in [0.5, 0.6) is 5.75 Å². The number of nitrogens with zero attached hydrogens (tertiary/aromatic N) is 3. The summed E-state index contributed by atoms with van der Waals surface area (Å²) >= 11 is 24.7. The highest BCUT2D eigenvalue weighted by atomic mass is 35.6. The summed E-state index contributed by atoms with van der Waals surface area (Å²) in [6.45, 7) is 6.17. The van der Waals surface area contributed by atoms with Gasteiger partial charge in [0.2, 0.25) is 0 Å². The Balaban J connectivity index is 1.40. The van der Waals surface area contributed by atoms with E-state index in [1.54, 1.807) is 21.9 Å². The van der Waals surface area contributed by atoms with Crippen LogP contribution < -0.4 is 9.64 Å². The Morgan fingerprint density at radius 3 is 2.40 bits per heavy atom. The van der Waals surface area contributed by atoms with Gasteiger partial charge in [-0.3, -0.25) is 14.5 Å². The molecule has 47 heavy (non-hydrogen) atoms. The highest BCUT2D eigenvalue weighted by Crippen LogP contribution is 2.37. The summed E-state index contributed by atoms with van der Waals surface area (Å²) in [5.74, 6) is -0.491. The zero-order valence-electron chi connectivity index (χ0n) is 26.4. The van der Waals surface area contributed by atoms with Gasteiger partial charge < -0.3 is 14.5 Å². The zero-order valence-corrected chi connectivity index (χ0v) is 29.5. The Bertz CT molecular complexity index is 1530. The summed E-state index contributed by atoms with van der Waals surface area (Å²) in [4.78, 5) is 33.4. The lowest BCUT2D eigenvalue weighted by Gasteiger charge is -2.40. The highest BCUT2D eigenvalue weighted by Gasteiger charge is 2.40. The number of rotatable bonds is 11. The third-order valence-corrected chi connectivity index (χ3v) is 9.85. The zero-order chi connectivity index (χ0) is 33.6. The Kier molecular flexibility index (Phi) is 12.3. The average Bonchev–Trinajstić information content (AvgIpc) is 3.57. The van der Waals surface area contributed by atoms with Crippen molar-refractivity contribution < 1.29 is 18.7 Å². The van der Waals surface area contributed by atoms with Crippen molar-refractivity contribution >= 4 is 63.9 Å². The first-order valence-electron chi connectivity index (χ1n) is 16.1. The molecule has 3 aromatic rings. The van der Waals surface area contributed by atoms with Crippen LogP contribution in [0.2, 0.25) is 5.02 Å². The van der Waals surface area contributed by atoms with Crippen molar-refractivity contribution in [2.45, 2.75) is 61.8 Å². The standard InChI is InChI=1S/C36H40Cl4FN3O3/c1-25-32(11-6-12-33(25)47-20-19-42-17-2-3-18-42)44(34(45)28-13-15-30(41)16-14-28)24-27-8-5-10-31(22-27)43(35(46)36(38,39)40)23-26-7-4-9-29(37)21-26/h4,6-7,9,11-16,21,27,31H,2-3,5,8,10,17-20,22-24H2,1H3/t27-,31+/m0/s1. The van der Waals surface area contributed by atoms with E-state index < -0.39 is 15.5 Å². The number of carbonyl (C=O) groups excluding carboxylic acids is 2. The van der Waals surface area contributed by atoms with Crippen LogP contribution in [0.3, 0.4) is 0 Å². The van der Waals surface area contributed by atoms with Gasteiger partial charge in [0.15, 0.2) is 0 Å². The van der Waals surface area contributed by atoms with Crippen LogP contribution in [0.4, 0.5) is 10.1 Å². The molecule has 2 amide bonds. The predicted octanol–water partition coefficient (Wildman–Crippen LogP) is 8.87. The number of halogens is 5. The number of benzene rings is 3. The van der Waals surface area contributed by atoms with Gasteiger partial charge in [-0.25, -0.2) is 4.39 Å². The molecule has 0 N–H and O–H groups in total. The summed E-state index contributed by atoms with van der Waals surface area (Å²) < 4.78 is 17.9. The van der Waals surface area contributed by atoms with Gasteiger partial charge in [-0.1, -0.05) is 71.0 Å². The minimum absolute atomic E-state index is 0.0299. The molecule has 0 spiro atoms. The fourth-order valence-corrected chi connectivity index (χ4v) is 7.25. The van der Waals surface area contributed by atoms with E-state index in [4.69, 9.17) is 51.1 Å². The largest absolute Gasteiger partial charge is 0.492 e. The van der Waals surface area contributed by atoms with Gasteiger partial charge >= 0.3 is 0 Å². The van der Waals surface area contributed by atoms with E-state index in [0.29, 0.717) is 30.2 Å². The van der Waals surface area contributed by atoms with Gasteiger partial charge in [-0.05, 0) is 112 Å². The molecule has 1 aliphatic carbocycles. The Hall–Kier alpha value is -2.55. The molecule has 11 heteroatoms. The Morgan fingerprint density at radius 1 is 0.979 bits per heavy atom. The molecule has 0 aromatic heterocycles. The number of likely N-dealkylation sites (tertiary alicyclic amines) is 1. The molecule has 252 valence electrons. The molecule has 1 saturated heterocycles. The maximum Gasteiger partial charge on any atom is 0.275 e. The molecule has 2 aliphatic rings. The lowest BCUT2D eigenvalue weighted by atomic mass is 9.84. The van der Waals surface area contributed by atoms with Crippen LogP contribution in [0.25, 0.3) is 0 Å². The van der Waals surface area contributed by atoms with Crippen molar-refractivity contribution in [3.8, 4) is 5.75 Å². The second kappa shape index (κ2) is 16.2. The van der Waals surface area contributed by atoms with Crippen LogP contribution in [0.15, 0.2) is 66.7 Å². The van der Waals surface area contributed by atoms with Crippen molar-refractivity contribution in [3.05, 3.63) is 94.3 Å². The lowest BCUT2D eigenvalue weighted by molar-refractivity contribution is -0.134. The number of alkyl halides is 3. The van der Waals surface area contributed by atoms with Crippen LogP contribution in [0, 0.1) is 18.7 Å². The van der Waals surface area contributed by atoms with Gasteiger partial charge in [-0.2, -0.15) is 0 Å². The topological polar surface area (TPSA) is 53.1 Å². The minimum atomic E-state index is -2.12. The quantitative estimate of drug-likeness (QED) is 0.186. The number of ether oxygens (including phenoxy) is 1. The molecule has 2 fully saturated rings. The number of carbonyl (C=O) groups is 2. The first-order chi connectivity index (χ1) is 22.5. The summed E-state index contributed by atoms with van der Waals surface area (Å²) in [5.41, 5.74) is 2.79. The molecule has 6 nitrogen and oxygen atoms in total. The van der Waals surface area contributed by atoms with Crippen molar-refractivity contribution in [1.82, 2.24) is 9.80 Å². The van der Waals surface area contributed by atoms with E-state index in [-0.39, 0.29) is 24.4 Å². The SMILES string of the molecule is Cc1c(OCCN2CCCC2)cccc1N(C[C@H]1CCC[C@@H](N(Cc2cccc(Cl)c2)C(=O)C(Cl)(Cl)Cl)C1)C(=O)c1ccc(F)cc1. The number of hydrogen-bond donors (Lipinski definition) is 0.